The molecule has 4 nitrogen and oxygen atoms in total. The van der Waals surface area contributed by atoms with Gasteiger partial charge in [-0.15, -0.1) is 0 Å². The maximum atomic E-state index is 6.08. The second-order valence-corrected chi connectivity index (χ2v) is 9.14. The van der Waals surface area contributed by atoms with Crippen molar-refractivity contribution in [2.45, 2.75) is 25.7 Å². The van der Waals surface area contributed by atoms with E-state index in [2.05, 4.69) is 67.3 Å². The topological polar surface area (TPSA) is 76.4 Å². The standard InChI is InChI=1S/C27H30N4S/c1-17-8-21(13-24(28)10-17)20-6-7-26(31-5)27(15-20)32-19(3)12-23(16-30-4)22-9-18(2)11-25(29)14-22/h6-16,31H,4,28-29H2,1-3,5H3/b19-12+,23-16+. The van der Waals surface area contributed by atoms with E-state index in [1.54, 1.807) is 18.0 Å². The van der Waals surface area contributed by atoms with E-state index in [1.165, 1.54) is 0 Å². The molecule has 3 aromatic rings. The second-order valence-electron chi connectivity index (χ2n) is 7.85. The smallest absolute Gasteiger partial charge is 0.0479 e. The molecule has 0 unspecified atom stereocenters. The predicted molar refractivity (Wildman–Crippen MR) is 143 cm³/mol. The Bertz CT molecular complexity index is 1170. The van der Waals surface area contributed by atoms with Crippen molar-refractivity contribution in [1.29, 1.82) is 0 Å². The Labute approximate surface area is 195 Å². The van der Waals surface area contributed by atoms with Crippen molar-refractivity contribution in [1.82, 2.24) is 0 Å². The molecule has 0 atom stereocenters. The van der Waals surface area contributed by atoms with Gasteiger partial charge in [0.1, 0.15) is 0 Å². The van der Waals surface area contributed by atoms with Gasteiger partial charge in [-0.3, -0.25) is 4.99 Å². The van der Waals surface area contributed by atoms with Gasteiger partial charge in [-0.05, 0) is 103 Å². The number of nitrogens with one attached hydrogen (secondary N) is 1. The molecule has 3 aromatic carbocycles. The Hall–Kier alpha value is -3.44. The van der Waals surface area contributed by atoms with E-state index in [1.807, 2.05) is 38.2 Å². The van der Waals surface area contributed by atoms with E-state index < -0.39 is 0 Å². The Kier molecular flexibility index (Phi) is 7.44. The first kappa shape index (κ1) is 23.2. The molecule has 0 bridgehead atoms. The number of anilines is 3. The fourth-order valence-corrected chi connectivity index (χ4v) is 4.67. The highest BCUT2D eigenvalue weighted by Crippen LogP contribution is 2.37. The molecular weight excluding hydrogens is 412 g/mol. The van der Waals surface area contributed by atoms with Crippen molar-refractivity contribution in [3.63, 3.8) is 0 Å². The number of benzene rings is 3. The summed E-state index contributed by atoms with van der Waals surface area (Å²) in [5.41, 5.74) is 21.2. The van der Waals surface area contributed by atoms with Crippen molar-refractivity contribution in [2.24, 2.45) is 4.99 Å². The lowest BCUT2D eigenvalue weighted by molar-refractivity contribution is 1.38. The number of aliphatic imine (C=N–C) groups is 1. The van der Waals surface area contributed by atoms with Crippen LogP contribution in [0.2, 0.25) is 0 Å². The van der Waals surface area contributed by atoms with E-state index in [4.69, 9.17) is 11.5 Å². The van der Waals surface area contributed by atoms with Crippen molar-refractivity contribution >= 4 is 41.1 Å². The lowest BCUT2D eigenvalue weighted by Crippen LogP contribution is -1.93. The fraction of sp³-hybridized carbons (Fsp3) is 0.148. The predicted octanol–water partition coefficient (Wildman–Crippen LogP) is 6.91. The average molecular weight is 443 g/mol. The summed E-state index contributed by atoms with van der Waals surface area (Å²) in [5.74, 6) is 0. The molecule has 0 aliphatic rings. The van der Waals surface area contributed by atoms with Gasteiger partial charge in [0.2, 0.25) is 0 Å². The van der Waals surface area contributed by atoms with Gasteiger partial charge in [0.25, 0.3) is 0 Å². The summed E-state index contributed by atoms with van der Waals surface area (Å²) in [6.45, 7) is 9.82. The average Bonchev–Trinajstić information content (AvgIpc) is 2.72. The molecule has 164 valence electrons. The largest absolute Gasteiger partial charge is 0.399 e. The Balaban J connectivity index is 1.97. The molecule has 3 rings (SSSR count). The zero-order valence-corrected chi connectivity index (χ0v) is 19.9. The molecule has 0 aliphatic heterocycles. The van der Waals surface area contributed by atoms with Crippen molar-refractivity contribution in [3.8, 4) is 11.1 Å². The van der Waals surface area contributed by atoms with Gasteiger partial charge in [-0.2, -0.15) is 0 Å². The van der Waals surface area contributed by atoms with Crippen LogP contribution in [0, 0.1) is 13.8 Å². The summed E-state index contributed by atoms with van der Waals surface area (Å²) in [6, 6.07) is 18.6. The van der Waals surface area contributed by atoms with Gasteiger partial charge in [0.15, 0.2) is 0 Å². The van der Waals surface area contributed by atoms with E-state index in [0.717, 1.165) is 60.3 Å². The lowest BCUT2D eigenvalue weighted by Gasteiger charge is -2.13. The third kappa shape index (κ3) is 5.83. The number of thioether (sulfide) groups is 1. The second kappa shape index (κ2) is 10.2. The molecule has 0 saturated heterocycles. The van der Waals surface area contributed by atoms with Crippen LogP contribution in [0.1, 0.15) is 23.6 Å². The van der Waals surface area contributed by atoms with Gasteiger partial charge >= 0.3 is 0 Å². The zero-order valence-electron chi connectivity index (χ0n) is 19.1. The molecule has 0 aliphatic carbocycles. The molecule has 0 fully saturated rings. The number of allylic oxidation sites excluding steroid dienone is 3. The molecule has 0 heterocycles. The number of rotatable bonds is 7. The van der Waals surface area contributed by atoms with Gasteiger partial charge in [-0.1, -0.05) is 30.0 Å². The first-order chi connectivity index (χ1) is 15.3. The number of aryl methyl sites for hydroxylation is 2. The summed E-state index contributed by atoms with van der Waals surface area (Å²) in [4.78, 5) is 6.26. The minimum absolute atomic E-state index is 0.733. The molecule has 0 spiro atoms. The molecule has 5 N–H and O–H groups in total. The third-order valence-electron chi connectivity index (χ3n) is 4.98. The van der Waals surface area contributed by atoms with Crippen LogP contribution in [0.3, 0.4) is 0 Å². The monoisotopic (exact) mass is 442 g/mol. The number of hydrogen-bond donors (Lipinski definition) is 3. The Morgan fingerprint density at radius 2 is 1.62 bits per heavy atom. The van der Waals surface area contributed by atoms with Crippen LogP contribution in [0.5, 0.6) is 0 Å². The normalized spacial score (nSPS) is 12.0. The summed E-state index contributed by atoms with van der Waals surface area (Å²) in [7, 11) is 1.94. The fourth-order valence-electron chi connectivity index (χ4n) is 3.67. The van der Waals surface area contributed by atoms with Gasteiger partial charge in [-0.25, -0.2) is 0 Å². The zero-order chi connectivity index (χ0) is 23.3. The maximum Gasteiger partial charge on any atom is 0.0479 e. The van der Waals surface area contributed by atoms with Crippen LogP contribution in [-0.4, -0.2) is 13.8 Å². The highest BCUT2D eigenvalue weighted by atomic mass is 32.2. The molecule has 0 saturated carbocycles. The van der Waals surface area contributed by atoms with Gasteiger partial charge in [0.05, 0.1) is 0 Å². The summed E-state index contributed by atoms with van der Waals surface area (Å²) in [5, 5.41) is 3.30. The van der Waals surface area contributed by atoms with Gasteiger partial charge < -0.3 is 16.8 Å². The SMILES string of the molecule is C=N/C=C(\C=C(/C)Sc1cc(-c2cc(C)cc(N)c2)ccc1NC)c1cc(C)cc(N)c1. The summed E-state index contributed by atoms with van der Waals surface area (Å²) < 4.78 is 0. The van der Waals surface area contributed by atoms with Crippen LogP contribution in [0.15, 0.2) is 81.7 Å². The van der Waals surface area contributed by atoms with E-state index >= 15 is 0 Å². The summed E-state index contributed by atoms with van der Waals surface area (Å²) in [6.07, 6.45) is 3.88. The minimum atomic E-state index is 0.733. The first-order valence-electron chi connectivity index (χ1n) is 10.4. The summed E-state index contributed by atoms with van der Waals surface area (Å²) >= 11 is 1.70. The number of nitrogens with two attached hydrogens (primary N) is 2. The number of hydrogen-bond acceptors (Lipinski definition) is 5. The highest BCUT2D eigenvalue weighted by molar-refractivity contribution is 8.03. The number of nitrogens with zero attached hydrogens (tertiary/aromatic N) is 1. The van der Waals surface area contributed by atoms with Crippen LogP contribution < -0.4 is 16.8 Å². The quantitative estimate of drug-likeness (QED) is 0.161. The first-order valence-corrected chi connectivity index (χ1v) is 11.2. The third-order valence-corrected chi connectivity index (χ3v) is 5.97. The van der Waals surface area contributed by atoms with E-state index in [-0.39, 0.29) is 0 Å². The van der Waals surface area contributed by atoms with Gasteiger partial charge in [0, 0.05) is 40.8 Å². The molecule has 0 radical (unpaired) electrons. The molecule has 5 heteroatoms. The van der Waals surface area contributed by atoms with Crippen LogP contribution >= 0.6 is 11.8 Å². The molecule has 0 aromatic heterocycles. The van der Waals surface area contributed by atoms with Crippen molar-refractivity contribution in [2.75, 3.05) is 23.8 Å². The molecule has 32 heavy (non-hydrogen) atoms. The van der Waals surface area contributed by atoms with Crippen LogP contribution in [-0.2, 0) is 0 Å². The molecular formula is C27H30N4S. The minimum Gasteiger partial charge on any atom is -0.399 e. The van der Waals surface area contributed by atoms with Crippen LogP contribution in [0.25, 0.3) is 16.7 Å². The van der Waals surface area contributed by atoms with Crippen LogP contribution in [0.4, 0.5) is 17.1 Å². The van der Waals surface area contributed by atoms with E-state index in [0.29, 0.717) is 0 Å². The highest BCUT2D eigenvalue weighted by Gasteiger charge is 2.09. The lowest BCUT2D eigenvalue weighted by atomic mass is 10.0. The molecule has 0 amide bonds. The van der Waals surface area contributed by atoms with E-state index in [9.17, 15) is 0 Å². The number of nitrogen functional groups attached to an aromatic ring is 2. The maximum absolute atomic E-state index is 6.08. The Morgan fingerprint density at radius 1 is 0.938 bits per heavy atom. The van der Waals surface area contributed by atoms with Crippen molar-refractivity contribution < 1.29 is 0 Å². The Morgan fingerprint density at radius 3 is 2.25 bits per heavy atom. The van der Waals surface area contributed by atoms with Crippen molar-refractivity contribution in [3.05, 3.63) is 88.5 Å².